The van der Waals surface area contributed by atoms with Crippen LogP contribution in [0.15, 0.2) is 0 Å². The summed E-state index contributed by atoms with van der Waals surface area (Å²) < 4.78 is 1.93. The van der Waals surface area contributed by atoms with Crippen molar-refractivity contribution in [2.45, 2.75) is 45.7 Å². The number of rotatable bonds is 5. The van der Waals surface area contributed by atoms with E-state index in [9.17, 15) is 14.4 Å². The molecular formula is C18H27N5O3. The number of hydrogen-bond donors (Lipinski definition) is 1. The number of nitrogens with zero attached hydrogens (tertiary/aromatic N) is 4. The van der Waals surface area contributed by atoms with Crippen LogP contribution in [0.5, 0.6) is 0 Å². The number of imidazole rings is 1. The minimum absolute atomic E-state index is 0.0618. The lowest BCUT2D eigenvalue weighted by molar-refractivity contribution is -0.133. The fourth-order valence-electron chi connectivity index (χ4n) is 3.29. The monoisotopic (exact) mass is 361 g/mol. The normalized spacial score (nSPS) is 16.4. The molecule has 1 aromatic rings. The van der Waals surface area contributed by atoms with E-state index in [0.29, 0.717) is 25.3 Å². The van der Waals surface area contributed by atoms with Crippen LogP contribution in [-0.4, -0.2) is 64.3 Å². The molecule has 1 N–H and O–H groups in total. The zero-order chi connectivity index (χ0) is 19.0. The van der Waals surface area contributed by atoms with Gasteiger partial charge in [0, 0.05) is 44.7 Å². The van der Waals surface area contributed by atoms with E-state index >= 15 is 0 Å². The molecule has 0 atom stereocenters. The lowest BCUT2D eigenvalue weighted by Crippen LogP contribution is -2.38. The van der Waals surface area contributed by atoms with Gasteiger partial charge in [-0.05, 0) is 26.7 Å². The van der Waals surface area contributed by atoms with Crippen molar-refractivity contribution in [1.82, 2.24) is 24.7 Å². The Labute approximate surface area is 153 Å². The van der Waals surface area contributed by atoms with Crippen molar-refractivity contribution in [3.8, 4) is 0 Å². The lowest BCUT2D eigenvalue weighted by atomic mass is 10.1. The molecule has 0 bridgehead atoms. The third-order valence-electron chi connectivity index (χ3n) is 4.91. The number of nitrogens with one attached hydrogen (secondary N) is 1. The van der Waals surface area contributed by atoms with Gasteiger partial charge in [0.25, 0.3) is 5.91 Å². The molecule has 2 aliphatic rings. The Hall–Kier alpha value is -2.38. The van der Waals surface area contributed by atoms with E-state index in [0.717, 1.165) is 24.2 Å². The summed E-state index contributed by atoms with van der Waals surface area (Å²) in [5, 5.41) is 2.65. The van der Waals surface area contributed by atoms with Gasteiger partial charge in [0.2, 0.25) is 11.8 Å². The third kappa shape index (κ3) is 3.59. The molecule has 0 unspecified atom stereocenters. The zero-order valence-electron chi connectivity index (χ0n) is 15.9. The van der Waals surface area contributed by atoms with E-state index in [2.05, 4.69) is 10.3 Å². The van der Waals surface area contributed by atoms with Gasteiger partial charge >= 0.3 is 0 Å². The first-order valence-electron chi connectivity index (χ1n) is 9.16. The van der Waals surface area contributed by atoms with Crippen LogP contribution in [0.3, 0.4) is 0 Å². The fourth-order valence-corrected chi connectivity index (χ4v) is 3.29. The lowest BCUT2D eigenvalue weighted by Gasteiger charge is -2.28. The van der Waals surface area contributed by atoms with Crippen molar-refractivity contribution in [1.29, 1.82) is 0 Å². The predicted octanol–water partition coefficient (Wildman–Crippen LogP) is 0.577. The van der Waals surface area contributed by atoms with Crippen LogP contribution in [0.4, 0.5) is 0 Å². The molecule has 26 heavy (non-hydrogen) atoms. The molecule has 1 saturated carbocycles. The van der Waals surface area contributed by atoms with E-state index in [4.69, 9.17) is 0 Å². The number of likely N-dealkylation sites (N-methyl/N-ethyl adjacent to an activating group) is 1. The fraction of sp³-hybridized carbons (Fsp3) is 0.667. The number of fused-ring (bicyclic) bond motifs is 1. The summed E-state index contributed by atoms with van der Waals surface area (Å²) in [6, 6.07) is 0.0715. The van der Waals surface area contributed by atoms with Crippen molar-refractivity contribution in [3.05, 3.63) is 17.2 Å². The van der Waals surface area contributed by atoms with Crippen molar-refractivity contribution >= 4 is 17.7 Å². The van der Waals surface area contributed by atoms with Crippen LogP contribution < -0.4 is 5.32 Å². The quantitative estimate of drug-likeness (QED) is 0.831. The standard InChI is InChI=1S/C18H27N5O3/c1-11(2)23-14-7-8-22(18(26)12-5-6-12)10-13(14)20-16(23)17(25)19-9-15(24)21(3)4/h11-12H,5-10H2,1-4H3,(H,19,25). The predicted molar refractivity (Wildman–Crippen MR) is 95.5 cm³/mol. The minimum Gasteiger partial charge on any atom is -0.347 e. The maximum atomic E-state index is 12.6. The maximum Gasteiger partial charge on any atom is 0.287 e. The molecule has 2 heterocycles. The van der Waals surface area contributed by atoms with E-state index in [1.165, 1.54) is 4.90 Å². The Morgan fingerprint density at radius 3 is 2.54 bits per heavy atom. The van der Waals surface area contributed by atoms with Gasteiger partial charge in [0.15, 0.2) is 5.82 Å². The van der Waals surface area contributed by atoms with Crippen LogP contribution in [0.2, 0.25) is 0 Å². The molecule has 8 nitrogen and oxygen atoms in total. The number of hydrogen-bond acceptors (Lipinski definition) is 4. The Morgan fingerprint density at radius 1 is 1.27 bits per heavy atom. The number of carbonyl (C=O) groups is 3. The molecule has 1 aliphatic carbocycles. The summed E-state index contributed by atoms with van der Waals surface area (Å²) in [6.45, 7) is 5.08. The smallest absolute Gasteiger partial charge is 0.287 e. The topological polar surface area (TPSA) is 87.5 Å². The average Bonchev–Trinajstić information content (AvgIpc) is 3.37. The van der Waals surface area contributed by atoms with Gasteiger partial charge in [-0.25, -0.2) is 4.98 Å². The molecule has 142 valence electrons. The molecule has 0 radical (unpaired) electrons. The largest absolute Gasteiger partial charge is 0.347 e. The van der Waals surface area contributed by atoms with E-state index in [1.807, 2.05) is 23.3 Å². The molecule has 0 aromatic carbocycles. The van der Waals surface area contributed by atoms with Crippen LogP contribution in [0, 0.1) is 5.92 Å². The van der Waals surface area contributed by atoms with Crippen molar-refractivity contribution in [2.75, 3.05) is 27.2 Å². The highest BCUT2D eigenvalue weighted by Crippen LogP contribution is 2.33. The average molecular weight is 361 g/mol. The second kappa shape index (κ2) is 7.09. The first-order chi connectivity index (χ1) is 12.3. The highest BCUT2D eigenvalue weighted by atomic mass is 16.2. The van der Waals surface area contributed by atoms with Gasteiger partial charge in [0.1, 0.15) is 0 Å². The molecule has 3 rings (SSSR count). The van der Waals surface area contributed by atoms with Gasteiger partial charge in [-0.15, -0.1) is 0 Å². The van der Waals surface area contributed by atoms with Crippen LogP contribution in [0.1, 0.15) is 54.7 Å². The summed E-state index contributed by atoms with van der Waals surface area (Å²) in [6.07, 6.45) is 2.66. The first-order valence-corrected chi connectivity index (χ1v) is 9.16. The van der Waals surface area contributed by atoms with Gasteiger partial charge in [0.05, 0.1) is 18.8 Å². The second-order valence-corrected chi connectivity index (χ2v) is 7.55. The molecule has 1 fully saturated rings. The Morgan fingerprint density at radius 2 is 1.96 bits per heavy atom. The van der Waals surface area contributed by atoms with E-state index < -0.39 is 0 Å². The SMILES string of the molecule is CC(C)n1c(C(=O)NCC(=O)N(C)C)nc2c1CCN(C(=O)C1CC1)C2. The molecule has 8 heteroatoms. The Kier molecular flexibility index (Phi) is 5.02. The van der Waals surface area contributed by atoms with Crippen molar-refractivity contribution in [2.24, 2.45) is 5.92 Å². The molecular weight excluding hydrogens is 334 g/mol. The Bertz CT molecular complexity index is 733. The Balaban J connectivity index is 1.79. The highest BCUT2D eigenvalue weighted by molar-refractivity contribution is 5.94. The molecule has 1 aliphatic heterocycles. The summed E-state index contributed by atoms with van der Waals surface area (Å²) in [7, 11) is 3.29. The van der Waals surface area contributed by atoms with E-state index in [1.54, 1.807) is 14.1 Å². The summed E-state index contributed by atoms with van der Waals surface area (Å²) in [5.41, 5.74) is 1.81. The van der Waals surface area contributed by atoms with Crippen LogP contribution in [0.25, 0.3) is 0 Å². The first kappa shape index (κ1) is 18.4. The number of aromatic nitrogens is 2. The van der Waals surface area contributed by atoms with Gasteiger partial charge in [-0.3, -0.25) is 14.4 Å². The summed E-state index contributed by atoms with van der Waals surface area (Å²) in [4.78, 5) is 44.5. The van der Waals surface area contributed by atoms with Crippen molar-refractivity contribution < 1.29 is 14.4 Å². The van der Waals surface area contributed by atoms with Crippen molar-refractivity contribution in [3.63, 3.8) is 0 Å². The molecule has 1 aromatic heterocycles. The van der Waals surface area contributed by atoms with Gasteiger partial charge < -0.3 is 19.7 Å². The third-order valence-corrected chi connectivity index (χ3v) is 4.91. The minimum atomic E-state index is -0.358. The highest BCUT2D eigenvalue weighted by Gasteiger charge is 2.36. The van der Waals surface area contributed by atoms with Gasteiger partial charge in [-0.2, -0.15) is 0 Å². The maximum absolute atomic E-state index is 12.6. The summed E-state index contributed by atoms with van der Waals surface area (Å²) in [5.74, 6) is 0.175. The molecule has 3 amide bonds. The van der Waals surface area contributed by atoms with Crippen LogP contribution >= 0.6 is 0 Å². The number of amides is 3. The van der Waals surface area contributed by atoms with Gasteiger partial charge in [-0.1, -0.05) is 0 Å². The molecule has 0 spiro atoms. The second-order valence-electron chi connectivity index (χ2n) is 7.55. The molecule has 0 saturated heterocycles. The number of carbonyl (C=O) groups excluding carboxylic acids is 3. The van der Waals surface area contributed by atoms with Crippen LogP contribution in [-0.2, 0) is 22.6 Å². The zero-order valence-corrected chi connectivity index (χ0v) is 15.9. The summed E-state index contributed by atoms with van der Waals surface area (Å²) >= 11 is 0. The van der Waals surface area contributed by atoms with E-state index in [-0.39, 0.29) is 36.2 Å².